The molecular formula is C56H63N3O6S. The van der Waals surface area contributed by atoms with Gasteiger partial charge in [0.05, 0.1) is 75.1 Å². The normalized spacial score (nSPS) is 15.6. The summed E-state index contributed by atoms with van der Waals surface area (Å²) in [5.74, 6) is 0.656. The third kappa shape index (κ3) is 9.52. The molecule has 5 heterocycles. The Morgan fingerprint density at radius 1 is 0.545 bits per heavy atom. The Labute approximate surface area is 392 Å². The number of nitrogens with zero attached hydrogens (tertiary/aromatic N) is 3. The highest BCUT2D eigenvalue weighted by molar-refractivity contribution is 7.26. The summed E-state index contributed by atoms with van der Waals surface area (Å²) in [6.07, 6.45) is 8.54. The van der Waals surface area contributed by atoms with E-state index in [1.165, 1.54) is 36.5 Å². The summed E-state index contributed by atoms with van der Waals surface area (Å²) in [5, 5.41) is 5.92. The molecule has 2 aliphatic heterocycles. The van der Waals surface area contributed by atoms with Gasteiger partial charge in [-0.15, -0.1) is 11.3 Å². The number of hydrogen-bond donors (Lipinski definition) is 0. The molecule has 2 saturated heterocycles. The summed E-state index contributed by atoms with van der Waals surface area (Å²) < 4.78 is 40.4. The maximum Gasteiger partial charge on any atom is 0.235 e. The molecule has 0 bridgehead atoms. The quantitative estimate of drug-likeness (QED) is 0.0554. The topological polar surface area (TPSA) is 86.1 Å². The fourth-order valence-electron chi connectivity index (χ4n) is 9.54. The van der Waals surface area contributed by atoms with Crippen LogP contribution in [0.1, 0.15) is 76.3 Å². The molecule has 344 valence electrons. The molecule has 0 spiro atoms. The van der Waals surface area contributed by atoms with Crippen LogP contribution in [0.3, 0.4) is 0 Å². The fourth-order valence-corrected chi connectivity index (χ4v) is 10.6. The molecule has 0 unspecified atom stereocenters. The molecule has 0 amide bonds. The summed E-state index contributed by atoms with van der Waals surface area (Å²) in [4.78, 5) is 10.6. The van der Waals surface area contributed by atoms with Crippen molar-refractivity contribution in [1.82, 2.24) is 14.5 Å². The monoisotopic (exact) mass is 905 g/mol. The number of fused-ring (bicyclic) bond motifs is 8. The first kappa shape index (κ1) is 45.0. The van der Waals surface area contributed by atoms with Crippen molar-refractivity contribution in [3.8, 4) is 17.2 Å². The maximum absolute atomic E-state index is 6.34. The Morgan fingerprint density at radius 3 is 1.76 bits per heavy atom. The highest BCUT2D eigenvalue weighted by atomic mass is 32.1. The number of para-hydroxylation sites is 1. The number of thiophene rings is 1. The average molecular weight is 906 g/mol. The molecule has 3 aromatic heterocycles. The minimum absolute atomic E-state index is 0.241. The smallest absolute Gasteiger partial charge is 0.235 e. The molecule has 66 heavy (non-hydrogen) atoms. The molecular weight excluding hydrogens is 843 g/mol. The molecule has 0 N–H and O–H groups in total. The van der Waals surface area contributed by atoms with Gasteiger partial charge >= 0.3 is 0 Å². The molecule has 9 nitrogen and oxygen atoms in total. The molecule has 5 aromatic carbocycles. The van der Waals surface area contributed by atoms with Crippen molar-refractivity contribution in [2.45, 2.75) is 78.4 Å². The number of rotatable bonds is 24. The molecule has 0 saturated carbocycles. The lowest BCUT2D eigenvalue weighted by atomic mass is 9.84. The van der Waals surface area contributed by atoms with Crippen LogP contribution in [0.4, 0.5) is 0 Å². The largest absolute Gasteiger partial charge is 0.381 e. The Hall–Kier alpha value is -4.78. The summed E-state index contributed by atoms with van der Waals surface area (Å²) in [7, 11) is 0. The molecule has 0 radical (unpaired) electrons. The van der Waals surface area contributed by atoms with E-state index in [0.29, 0.717) is 25.8 Å². The first-order valence-corrected chi connectivity index (χ1v) is 25.1. The van der Waals surface area contributed by atoms with E-state index in [1.807, 2.05) is 17.4 Å². The van der Waals surface area contributed by atoms with Crippen LogP contribution in [0.25, 0.3) is 70.1 Å². The van der Waals surface area contributed by atoms with Crippen LogP contribution >= 0.6 is 11.3 Å². The lowest BCUT2D eigenvalue weighted by Crippen LogP contribution is -2.45. The van der Waals surface area contributed by atoms with Crippen LogP contribution in [0, 0.1) is 10.8 Å². The van der Waals surface area contributed by atoms with E-state index >= 15 is 0 Å². The summed E-state index contributed by atoms with van der Waals surface area (Å²) >= 11 is 1.85. The zero-order valence-electron chi connectivity index (χ0n) is 38.7. The number of unbranched alkanes of at least 4 members (excludes halogenated alkanes) is 4. The van der Waals surface area contributed by atoms with E-state index < -0.39 is 0 Å². The fraction of sp³-hybridized carbons (Fsp3) is 0.429. The van der Waals surface area contributed by atoms with Crippen molar-refractivity contribution in [2.75, 3.05) is 66.1 Å². The van der Waals surface area contributed by atoms with E-state index in [-0.39, 0.29) is 10.8 Å². The maximum atomic E-state index is 6.34. The van der Waals surface area contributed by atoms with Gasteiger partial charge in [-0.25, -0.2) is 9.97 Å². The van der Waals surface area contributed by atoms with Gasteiger partial charge in [0.15, 0.2) is 0 Å². The Bertz CT molecular complexity index is 2890. The van der Waals surface area contributed by atoms with E-state index in [9.17, 15) is 0 Å². The van der Waals surface area contributed by atoms with Gasteiger partial charge in [-0.2, -0.15) is 0 Å². The Kier molecular flexibility index (Phi) is 14.1. The standard InChI is InChI=1S/C56H63N3O6S/c1-3-55(36-64-37-55)34-62-28-14-6-12-26-60-32-40-20-22-47-44(30-40)51-48(59(47)54-57-46-19-11-10-18-43(46)53(58-54)42-16-8-5-9-17-42)23-25-50-52(51)45-31-41(21-24-49(45)66-50)33-61-27-13-7-15-29-63-35-56(4-2)38-65-39-56/h5,8-11,16-25,30-31H,3-4,6-7,12-15,26-29,32-39H2,1-2H3. The highest BCUT2D eigenvalue weighted by Crippen LogP contribution is 2.44. The second kappa shape index (κ2) is 20.6. The van der Waals surface area contributed by atoms with Crippen molar-refractivity contribution in [3.63, 3.8) is 0 Å². The van der Waals surface area contributed by atoms with Crippen LogP contribution < -0.4 is 0 Å². The van der Waals surface area contributed by atoms with Crippen molar-refractivity contribution in [3.05, 3.63) is 114 Å². The van der Waals surface area contributed by atoms with Crippen molar-refractivity contribution in [2.24, 2.45) is 10.8 Å². The van der Waals surface area contributed by atoms with Crippen LogP contribution in [-0.4, -0.2) is 80.6 Å². The summed E-state index contributed by atoms with van der Waals surface area (Å²) in [6.45, 7) is 13.6. The average Bonchev–Trinajstić information content (AvgIpc) is 3.86. The number of hydrogen-bond acceptors (Lipinski definition) is 9. The SMILES string of the molecule is CCC1(COCCCCCOCc2ccc3sc4ccc5c(c6cc(COCCCCCOCC7(CC)COC7)ccc6n5-c5nc(-c6ccccc6)c6ccccc6n5)c4c3c2)COC1. The lowest BCUT2D eigenvalue weighted by molar-refractivity contribution is -0.150. The molecule has 10 rings (SSSR count). The first-order valence-electron chi connectivity index (χ1n) is 24.3. The Balaban J connectivity index is 0.905. The summed E-state index contributed by atoms with van der Waals surface area (Å²) in [5.41, 5.74) is 7.87. The van der Waals surface area contributed by atoms with Crippen molar-refractivity contribution < 1.29 is 28.4 Å². The van der Waals surface area contributed by atoms with Gasteiger partial charge in [-0.3, -0.25) is 4.57 Å². The molecule has 2 aliphatic rings. The molecule has 0 atom stereocenters. The number of benzene rings is 5. The predicted molar refractivity (Wildman–Crippen MR) is 268 cm³/mol. The number of ether oxygens (including phenoxy) is 6. The van der Waals surface area contributed by atoms with E-state index in [4.69, 9.17) is 38.4 Å². The van der Waals surface area contributed by atoms with Gasteiger partial charge in [-0.1, -0.05) is 74.5 Å². The lowest BCUT2D eigenvalue weighted by Gasteiger charge is -2.40. The molecule has 2 fully saturated rings. The minimum atomic E-state index is 0.241. The van der Waals surface area contributed by atoms with Crippen LogP contribution in [0.5, 0.6) is 0 Å². The second-order valence-electron chi connectivity index (χ2n) is 18.7. The van der Waals surface area contributed by atoms with E-state index in [0.717, 1.165) is 150 Å². The van der Waals surface area contributed by atoms with Gasteiger partial charge in [0.25, 0.3) is 0 Å². The van der Waals surface area contributed by atoms with Crippen LogP contribution in [0.15, 0.2) is 103 Å². The second-order valence-corrected chi connectivity index (χ2v) is 19.8. The van der Waals surface area contributed by atoms with Gasteiger partial charge in [0.1, 0.15) is 0 Å². The first-order chi connectivity index (χ1) is 32.6. The highest BCUT2D eigenvalue weighted by Gasteiger charge is 2.37. The summed E-state index contributed by atoms with van der Waals surface area (Å²) in [6, 6.07) is 36.9. The van der Waals surface area contributed by atoms with Crippen LogP contribution in [0.2, 0.25) is 0 Å². The molecule has 0 aliphatic carbocycles. The van der Waals surface area contributed by atoms with Crippen LogP contribution in [-0.2, 0) is 41.6 Å². The predicted octanol–water partition coefficient (Wildman–Crippen LogP) is 13.0. The van der Waals surface area contributed by atoms with Crippen molar-refractivity contribution in [1.29, 1.82) is 0 Å². The third-order valence-electron chi connectivity index (χ3n) is 14.0. The van der Waals surface area contributed by atoms with Gasteiger partial charge in [0.2, 0.25) is 5.95 Å². The zero-order valence-corrected chi connectivity index (χ0v) is 39.5. The third-order valence-corrected chi connectivity index (χ3v) is 15.1. The number of aromatic nitrogens is 3. The van der Waals surface area contributed by atoms with Crippen molar-refractivity contribution >= 4 is 64.2 Å². The van der Waals surface area contributed by atoms with Gasteiger partial charge < -0.3 is 28.4 Å². The van der Waals surface area contributed by atoms with Gasteiger partial charge in [-0.05, 0) is 105 Å². The van der Waals surface area contributed by atoms with Gasteiger partial charge in [0, 0.05) is 79.2 Å². The van der Waals surface area contributed by atoms with E-state index in [2.05, 4.69) is 115 Å². The zero-order chi connectivity index (χ0) is 44.8. The van der Waals surface area contributed by atoms with E-state index in [1.54, 1.807) is 0 Å². The molecule has 10 heteroatoms. The molecule has 8 aromatic rings. The minimum Gasteiger partial charge on any atom is -0.381 e. The Morgan fingerprint density at radius 2 is 1.12 bits per heavy atom.